The molecule has 3 aromatic heterocycles. The molecule has 0 amide bonds. The number of fused-ring (bicyclic) bond motifs is 3. The summed E-state index contributed by atoms with van der Waals surface area (Å²) in [6, 6.07) is 16.3. The second-order valence-corrected chi connectivity index (χ2v) is 8.31. The van der Waals surface area contributed by atoms with Crippen molar-refractivity contribution in [3.05, 3.63) is 86.7 Å². The topological polar surface area (TPSA) is 75.5 Å². The number of hydrogen-bond donors (Lipinski definition) is 0. The molecule has 33 heavy (non-hydrogen) atoms. The fraction of sp³-hybridized carbons (Fsp3) is 0.240. The van der Waals surface area contributed by atoms with Gasteiger partial charge in [-0.15, -0.1) is 0 Å². The molecule has 8 heteroatoms. The number of imidazole rings is 2. The molecule has 0 N–H and O–H groups in total. The first-order chi connectivity index (χ1) is 15.9. The van der Waals surface area contributed by atoms with Crippen LogP contribution in [0.2, 0.25) is 0 Å². The highest BCUT2D eigenvalue weighted by Gasteiger charge is 2.22. The summed E-state index contributed by atoms with van der Waals surface area (Å²) in [4.78, 5) is 31.0. The standard InChI is InChI=1S/C25H25N5O3/c1-16-12-17(2)14-19(13-16)30-20(18-8-6-5-7-9-18)15-29-21-22(26-24(29)30)27(3)25(32)28(23(21)31)10-11-33-4/h5-9,12-15H,10-11H2,1-4H3. The minimum Gasteiger partial charge on any atom is -0.383 e. The smallest absolute Gasteiger partial charge is 0.332 e. The zero-order valence-corrected chi connectivity index (χ0v) is 19.1. The van der Waals surface area contributed by atoms with E-state index in [4.69, 9.17) is 9.72 Å². The Morgan fingerprint density at radius 1 is 1.00 bits per heavy atom. The van der Waals surface area contributed by atoms with E-state index < -0.39 is 5.69 Å². The molecule has 8 nitrogen and oxygen atoms in total. The van der Waals surface area contributed by atoms with E-state index in [1.54, 1.807) is 18.6 Å². The van der Waals surface area contributed by atoms with Crippen molar-refractivity contribution in [3.8, 4) is 16.9 Å². The largest absolute Gasteiger partial charge is 0.383 e. The van der Waals surface area contributed by atoms with E-state index in [0.29, 0.717) is 16.9 Å². The normalized spacial score (nSPS) is 11.6. The Morgan fingerprint density at radius 2 is 1.70 bits per heavy atom. The van der Waals surface area contributed by atoms with Crippen molar-refractivity contribution in [1.29, 1.82) is 0 Å². The first-order valence-corrected chi connectivity index (χ1v) is 10.8. The number of hydrogen-bond acceptors (Lipinski definition) is 4. The molecular formula is C25H25N5O3. The minimum atomic E-state index is -0.411. The maximum absolute atomic E-state index is 13.4. The molecule has 0 aliphatic heterocycles. The Hall–Kier alpha value is -3.91. The molecule has 0 spiro atoms. The number of methoxy groups -OCH3 is 1. The zero-order chi connectivity index (χ0) is 23.3. The molecule has 5 rings (SSSR count). The van der Waals surface area contributed by atoms with E-state index in [-0.39, 0.29) is 18.7 Å². The maximum atomic E-state index is 13.4. The molecule has 168 valence electrons. The van der Waals surface area contributed by atoms with Gasteiger partial charge < -0.3 is 4.74 Å². The summed E-state index contributed by atoms with van der Waals surface area (Å²) >= 11 is 0. The molecule has 0 unspecified atom stereocenters. The molecule has 2 aromatic carbocycles. The van der Waals surface area contributed by atoms with Crippen LogP contribution in [0.15, 0.2) is 64.3 Å². The third kappa shape index (κ3) is 3.30. The van der Waals surface area contributed by atoms with E-state index in [0.717, 1.165) is 28.1 Å². The number of aromatic nitrogens is 5. The molecule has 5 aromatic rings. The molecule has 0 bridgehead atoms. The summed E-state index contributed by atoms with van der Waals surface area (Å²) < 4.78 is 11.6. The Balaban J connectivity index is 1.92. The highest BCUT2D eigenvalue weighted by Crippen LogP contribution is 2.29. The summed E-state index contributed by atoms with van der Waals surface area (Å²) in [5.41, 5.74) is 5.03. The van der Waals surface area contributed by atoms with Crippen LogP contribution < -0.4 is 11.2 Å². The van der Waals surface area contributed by atoms with Gasteiger partial charge in [-0.05, 0) is 37.1 Å². The highest BCUT2D eigenvalue weighted by atomic mass is 16.5. The second-order valence-electron chi connectivity index (χ2n) is 8.31. The average Bonchev–Trinajstić information content (AvgIpc) is 3.34. The van der Waals surface area contributed by atoms with Gasteiger partial charge in [-0.2, -0.15) is 4.98 Å². The van der Waals surface area contributed by atoms with Crippen molar-refractivity contribution in [2.45, 2.75) is 20.4 Å². The van der Waals surface area contributed by atoms with Gasteiger partial charge in [0.2, 0.25) is 5.78 Å². The van der Waals surface area contributed by atoms with Crippen molar-refractivity contribution >= 4 is 16.9 Å². The molecular weight excluding hydrogens is 418 g/mol. The third-order valence-corrected chi connectivity index (χ3v) is 5.90. The molecule has 0 aliphatic rings. The summed E-state index contributed by atoms with van der Waals surface area (Å²) in [5.74, 6) is 0.574. The van der Waals surface area contributed by atoms with Crippen LogP contribution >= 0.6 is 0 Å². The number of ether oxygens (including phenoxy) is 1. The third-order valence-electron chi connectivity index (χ3n) is 5.90. The molecule has 0 aliphatic carbocycles. The van der Waals surface area contributed by atoms with Crippen LogP contribution in [-0.2, 0) is 18.3 Å². The first kappa shape index (κ1) is 21.0. The molecule has 0 fully saturated rings. The van der Waals surface area contributed by atoms with Gasteiger partial charge in [-0.3, -0.25) is 22.9 Å². The molecule has 3 heterocycles. The van der Waals surface area contributed by atoms with Crippen molar-refractivity contribution in [2.24, 2.45) is 7.05 Å². The lowest BCUT2D eigenvalue weighted by atomic mass is 10.1. The Kier molecular flexibility index (Phi) is 5.02. The highest BCUT2D eigenvalue weighted by molar-refractivity contribution is 5.79. The monoisotopic (exact) mass is 443 g/mol. The van der Waals surface area contributed by atoms with E-state index in [2.05, 4.69) is 32.0 Å². The Labute approximate surface area is 189 Å². The Bertz CT molecular complexity index is 1600. The van der Waals surface area contributed by atoms with Gasteiger partial charge >= 0.3 is 5.69 Å². The van der Waals surface area contributed by atoms with Crippen LogP contribution in [0.3, 0.4) is 0 Å². The van der Waals surface area contributed by atoms with Crippen molar-refractivity contribution in [1.82, 2.24) is 23.1 Å². The molecule has 0 saturated heterocycles. The van der Waals surface area contributed by atoms with Crippen LogP contribution in [0.1, 0.15) is 11.1 Å². The van der Waals surface area contributed by atoms with Crippen LogP contribution in [0.5, 0.6) is 0 Å². The number of benzene rings is 2. The zero-order valence-electron chi connectivity index (χ0n) is 19.1. The van der Waals surface area contributed by atoms with Crippen molar-refractivity contribution in [3.63, 3.8) is 0 Å². The second kappa shape index (κ2) is 7.90. The van der Waals surface area contributed by atoms with Gasteiger partial charge in [0.1, 0.15) is 0 Å². The number of nitrogens with zero attached hydrogens (tertiary/aromatic N) is 5. The van der Waals surface area contributed by atoms with E-state index >= 15 is 0 Å². The fourth-order valence-corrected chi connectivity index (χ4v) is 4.42. The van der Waals surface area contributed by atoms with Crippen molar-refractivity contribution < 1.29 is 4.74 Å². The lowest BCUT2D eigenvalue weighted by Crippen LogP contribution is -2.40. The number of rotatable bonds is 5. The van der Waals surface area contributed by atoms with Gasteiger partial charge in [0, 0.05) is 31.6 Å². The molecule has 0 radical (unpaired) electrons. The predicted octanol–water partition coefficient (Wildman–Crippen LogP) is 3.07. The van der Waals surface area contributed by atoms with Gasteiger partial charge in [-0.25, -0.2) is 4.79 Å². The fourth-order valence-electron chi connectivity index (χ4n) is 4.42. The minimum absolute atomic E-state index is 0.175. The lowest BCUT2D eigenvalue weighted by molar-refractivity contribution is 0.184. The van der Waals surface area contributed by atoms with Crippen LogP contribution in [0.25, 0.3) is 33.9 Å². The maximum Gasteiger partial charge on any atom is 0.332 e. The summed E-state index contributed by atoms with van der Waals surface area (Å²) in [7, 11) is 3.18. The predicted molar refractivity (Wildman–Crippen MR) is 128 cm³/mol. The van der Waals surface area contributed by atoms with E-state index in [1.807, 2.05) is 41.1 Å². The van der Waals surface area contributed by atoms with Gasteiger partial charge in [0.05, 0.1) is 18.8 Å². The summed E-state index contributed by atoms with van der Waals surface area (Å²) in [6.07, 6.45) is 1.92. The van der Waals surface area contributed by atoms with Crippen molar-refractivity contribution in [2.75, 3.05) is 13.7 Å². The Morgan fingerprint density at radius 3 is 2.36 bits per heavy atom. The summed E-state index contributed by atoms with van der Waals surface area (Å²) in [6.45, 7) is 4.55. The average molecular weight is 444 g/mol. The van der Waals surface area contributed by atoms with Gasteiger partial charge in [0.15, 0.2) is 11.2 Å². The summed E-state index contributed by atoms with van der Waals surface area (Å²) in [5, 5.41) is 0. The van der Waals surface area contributed by atoms with Gasteiger partial charge in [-0.1, -0.05) is 36.4 Å². The number of aryl methyl sites for hydroxylation is 3. The molecule has 0 atom stereocenters. The van der Waals surface area contributed by atoms with E-state index in [9.17, 15) is 9.59 Å². The van der Waals surface area contributed by atoms with Gasteiger partial charge in [0.25, 0.3) is 5.56 Å². The quantitative estimate of drug-likeness (QED) is 0.418. The first-order valence-electron chi connectivity index (χ1n) is 10.8. The van der Waals surface area contributed by atoms with Crippen LogP contribution in [-0.4, -0.2) is 36.8 Å². The SMILES string of the molecule is COCCn1c(=O)c2c(nc3n(-c4cc(C)cc(C)c4)c(-c4ccccc4)cn23)n(C)c1=O. The lowest BCUT2D eigenvalue weighted by Gasteiger charge is -2.11. The van der Waals surface area contributed by atoms with Crippen LogP contribution in [0.4, 0.5) is 0 Å². The molecule has 0 saturated carbocycles. The van der Waals surface area contributed by atoms with E-state index in [1.165, 1.54) is 9.13 Å². The van der Waals surface area contributed by atoms with Crippen LogP contribution in [0, 0.1) is 13.8 Å².